The molecular formula is C28H39F5. The summed E-state index contributed by atoms with van der Waals surface area (Å²) < 4.78 is 65.7. The molecule has 0 amide bonds. The molecule has 2 fully saturated rings. The number of rotatable bonds is 9. The van der Waals surface area contributed by atoms with Gasteiger partial charge in [-0.25, -0.2) is 8.78 Å². The summed E-state index contributed by atoms with van der Waals surface area (Å²) in [6, 6.07) is 2.46. The smallest absolute Gasteiger partial charge is 0.206 e. The van der Waals surface area contributed by atoms with E-state index in [9.17, 15) is 22.0 Å². The largest absolute Gasteiger partial charge is 0.409 e. The number of halogens is 5. The number of unbranched alkanes of at least 4 members (excludes halogenated alkanes) is 4. The zero-order valence-electron chi connectivity index (χ0n) is 19.9. The Morgan fingerprint density at radius 3 is 1.88 bits per heavy atom. The fourth-order valence-electron chi connectivity index (χ4n) is 6.09. The molecule has 0 N–H and O–H groups in total. The molecule has 3 rings (SSSR count). The van der Waals surface area contributed by atoms with E-state index < -0.39 is 23.4 Å². The second kappa shape index (κ2) is 12.4. The minimum absolute atomic E-state index is 0.0883. The molecule has 5 heteroatoms. The summed E-state index contributed by atoms with van der Waals surface area (Å²) >= 11 is 0. The predicted molar refractivity (Wildman–Crippen MR) is 125 cm³/mol. The zero-order chi connectivity index (χ0) is 23.8. The lowest BCUT2D eigenvalue weighted by molar-refractivity contribution is -0.0790. The van der Waals surface area contributed by atoms with Gasteiger partial charge in [-0.1, -0.05) is 58.3 Å². The Balaban J connectivity index is 1.45. The fourth-order valence-corrected chi connectivity index (χ4v) is 6.09. The highest BCUT2D eigenvalue weighted by Gasteiger charge is 2.31. The Kier molecular flexibility index (Phi) is 9.81. The zero-order valence-corrected chi connectivity index (χ0v) is 19.9. The summed E-state index contributed by atoms with van der Waals surface area (Å²) in [4.78, 5) is 0. The molecule has 0 nitrogen and oxygen atoms in total. The Labute approximate surface area is 196 Å². The molecule has 1 aromatic rings. The van der Waals surface area contributed by atoms with Crippen LogP contribution in [0.15, 0.2) is 18.2 Å². The van der Waals surface area contributed by atoms with E-state index in [0.29, 0.717) is 17.6 Å². The molecule has 0 radical (unpaired) electrons. The van der Waals surface area contributed by atoms with Gasteiger partial charge in [0.2, 0.25) is 0 Å². The Morgan fingerprint density at radius 2 is 1.33 bits per heavy atom. The molecule has 2 saturated carbocycles. The summed E-state index contributed by atoms with van der Waals surface area (Å²) in [6.07, 6.45) is 13.2. The van der Waals surface area contributed by atoms with Crippen molar-refractivity contribution in [1.29, 1.82) is 0 Å². The molecule has 2 aliphatic carbocycles. The van der Waals surface area contributed by atoms with Crippen LogP contribution < -0.4 is 0 Å². The molecule has 0 spiro atoms. The molecule has 0 saturated heterocycles. The van der Waals surface area contributed by atoms with Gasteiger partial charge in [-0.2, -0.15) is 13.2 Å². The number of benzene rings is 1. The third kappa shape index (κ3) is 8.10. The summed E-state index contributed by atoms with van der Waals surface area (Å²) in [5.41, 5.74) is -0.0359. The normalized spacial score (nSPS) is 26.7. The number of hydrogen-bond donors (Lipinski definition) is 0. The number of alkyl halides is 3. The van der Waals surface area contributed by atoms with Crippen LogP contribution in [0.5, 0.6) is 0 Å². The average Bonchev–Trinajstić information content (AvgIpc) is 2.78. The lowest BCUT2D eigenvalue weighted by atomic mass is 9.68. The maximum Gasteiger partial charge on any atom is 0.409 e. The van der Waals surface area contributed by atoms with Gasteiger partial charge >= 0.3 is 6.18 Å². The molecule has 0 atom stereocenters. The third-order valence-corrected chi connectivity index (χ3v) is 8.06. The van der Waals surface area contributed by atoms with E-state index in [4.69, 9.17) is 0 Å². The van der Waals surface area contributed by atoms with Crippen LogP contribution in [0, 0.1) is 29.4 Å². The van der Waals surface area contributed by atoms with E-state index in [1.54, 1.807) is 0 Å². The minimum atomic E-state index is -4.59. The number of allylic oxidation sites excluding steroid dienone is 1. The summed E-state index contributed by atoms with van der Waals surface area (Å²) in [6.45, 7) is 2.25. The maximum absolute atomic E-state index is 14.3. The molecule has 0 heterocycles. The van der Waals surface area contributed by atoms with Gasteiger partial charge < -0.3 is 0 Å². The van der Waals surface area contributed by atoms with Gasteiger partial charge in [0.05, 0.1) is 0 Å². The quantitative estimate of drug-likeness (QED) is 0.249. The molecular weight excluding hydrogens is 431 g/mol. The van der Waals surface area contributed by atoms with Gasteiger partial charge in [-0.3, -0.25) is 0 Å². The molecule has 0 aromatic heterocycles. The van der Waals surface area contributed by atoms with Gasteiger partial charge in [0.1, 0.15) is 11.6 Å². The highest BCUT2D eigenvalue weighted by atomic mass is 19.4. The fraction of sp³-hybridized carbons (Fsp3) is 0.714. The lowest BCUT2D eigenvalue weighted by Gasteiger charge is -2.38. The van der Waals surface area contributed by atoms with E-state index in [2.05, 4.69) is 6.92 Å². The molecule has 1 aromatic carbocycles. The maximum atomic E-state index is 14.3. The number of hydrogen-bond acceptors (Lipinski definition) is 0. The Morgan fingerprint density at radius 1 is 0.788 bits per heavy atom. The van der Waals surface area contributed by atoms with Crippen molar-refractivity contribution in [3.05, 3.63) is 41.0 Å². The Hall–Kier alpha value is -1.39. The molecule has 33 heavy (non-hydrogen) atoms. The van der Waals surface area contributed by atoms with Gasteiger partial charge in [-0.05, 0) is 86.0 Å². The second-order valence-electron chi connectivity index (χ2n) is 10.4. The summed E-state index contributed by atoms with van der Waals surface area (Å²) in [7, 11) is 0. The average molecular weight is 471 g/mol. The summed E-state index contributed by atoms with van der Waals surface area (Å²) in [5, 5.41) is 0. The van der Waals surface area contributed by atoms with Crippen LogP contribution >= 0.6 is 0 Å². The van der Waals surface area contributed by atoms with E-state index in [1.807, 2.05) is 0 Å². The van der Waals surface area contributed by atoms with Crippen LogP contribution in [-0.4, -0.2) is 6.18 Å². The monoisotopic (exact) mass is 470 g/mol. The SMILES string of the molecule is CCCCCCCC1CCC(C2CCC(c3cc(F)c(/C=C/C(F)(F)F)c(F)c3)CC2)CC1. The predicted octanol–water partition coefficient (Wildman–Crippen LogP) is 9.98. The molecule has 186 valence electrons. The standard InChI is InChI=1S/C28H39F5/c1-2-3-4-5-6-7-20-8-10-21(11-9-20)22-12-14-23(15-13-22)24-18-26(29)25(27(30)19-24)16-17-28(31,32)33/h16-23H,2-15H2,1H3/b17-16+. The van der Waals surface area contributed by atoms with Crippen LogP contribution in [0.2, 0.25) is 0 Å². The van der Waals surface area contributed by atoms with Crippen LogP contribution in [0.25, 0.3) is 6.08 Å². The first-order valence-electron chi connectivity index (χ1n) is 13.0. The van der Waals surface area contributed by atoms with Crippen molar-refractivity contribution in [2.45, 2.75) is 109 Å². The van der Waals surface area contributed by atoms with Crippen LogP contribution in [0.4, 0.5) is 22.0 Å². The van der Waals surface area contributed by atoms with E-state index in [1.165, 1.54) is 76.3 Å². The molecule has 0 bridgehead atoms. The van der Waals surface area contributed by atoms with Crippen molar-refractivity contribution in [3.63, 3.8) is 0 Å². The first-order chi connectivity index (χ1) is 15.8. The van der Waals surface area contributed by atoms with Gasteiger partial charge in [0, 0.05) is 11.6 Å². The van der Waals surface area contributed by atoms with Crippen molar-refractivity contribution in [1.82, 2.24) is 0 Å². The molecule has 2 aliphatic rings. The first-order valence-corrected chi connectivity index (χ1v) is 13.0. The van der Waals surface area contributed by atoms with E-state index in [0.717, 1.165) is 37.5 Å². The lowest BCUT2D eigenvalue weighted by Crippen LogP contribution is -2.25. The summed E-state index contributed by atoms with van der Waals surface area (Å²) in [5.74, 6) is 0.641. The van der Waals surface area contributed by atoms with Crippen molar-refractivity contribution in [3.8, 4) is 0 Å². The minimum Gasteiger partial charge on any atom is -0.206 e. The van der Waals surface area contributed by atoms with Crippen molar-refractivity contribution in [2.24, 2.45) is 17.8 Å². The second-order valence-corrected chi connectivity index (χ2v) is 10.4. The van der Waals surface area contributed by atoms with Crippen LogP contribution in [0.3, 0.4) is 0 Å². The highest BCUT2D eigenvalue weighted by molar-refractivity contribution is 5.52. The van der Waals surface area contributed by atoms with Crippen LogP contribution in [0.1, 0.15) is 114 Å². The highest BCUT2D eigenvalue weighted by Crippen LogP contribution is 2.45. The van der Waals surface area contributed by atoms with Gasteiger partial charge in [-0.15, -0.1) is 0 Å². The van der Waals surface area contributed by atoms with Crippen molar-refractivity contribution in [2.75, 3.05) is 0 Å². The van der Waals surface area contributed by atoms with Gasteiger partial charge in [0.15, 0.2) is 0 Å². The molecule has 0 aliphatic heterocycles. The van der Waals surface area contributed by atoms with E-state index in [-0.39, 0.29) is 12.0 Å². The van der Waals surface area contributed by atoms with Crippen LogP contribution in [-0.2, 0) is 0 Å². The topological polar surface area (TPSA) is 0 Å². The van der Waals surface area contributed by atoms with Crippen molar-refractivity contribution >= 4 is 6.08 Å². The van der Waals surface area contributed by atoms with Crippen molar-refractivity contribution < 1.29 is 22.0 Å². The Bertz CT molecular complexity index is 727. The van der Waals surface area contributed by atoms with Gasteiger partial charge in [0.25, 0.3) is 0 Å². The first kappa shape index (κ1) is 26.2. The molecule has 0 unspecified atom stereocenters. The van der Waals surface area contributed by atoms with E-state index >= 15 is 0 Å². The third-order valence-electron chi connectivity index (χ3n) is 8.06.